The van der Waals surface area contributed by atoms with Crippen molar-refractivity contribution >= 4 is 28.1 Å². The summed E-state index contributed by atoms with van der Waals surface area (Å²) in [4.78, 5) is 2.63. The van der Waals surface area contributed by atoms with Crippen LogP contribution in [0, 0.1) is 11.8 Å². The van der Waals surface area contributed by atoms with Crippen LogP contribution >= 0.6 is 12.4 Å². The molecule has 2 aromatic rings. The molecule has 7 heteroatoms. The topological polar surface area (TPSA) is 58.6 Å². The second-order valence-electron chi connectivity index (χ2n) is 11.0. The minimum Gasteiger partial charge on any atom is -0.373 e. The highest BCUT2D eigenvalue weighted by Crippen LogP contribution is 2.65. The monoisotopic (exact) mass is 516 g/mol. The second-order valence-corrected chi connectivity index (χ2v) is 12.9. The average Bonchev–Trinajstić information content (AvgIpc) is 3.68. The van der Waals surface area contributed by atoms with E-state index in [9.17, 15) is 8.42 Å². The lowest BCUT2D eigenvalue weighted by molar-refractivity contribution is -0.0528. The van der Waals surface area contributed by atoms with Gasteiger partial charge in [0.2, 0.25) is 10.0 Å². The van der Waals surface area contributed by atoms with Gasteiger partial charge < -0.3 is 4.74 Å². The third-order valence-corrected chi connectivity index (χ3v) is 10.8. The number of sulfonamides is 1. The van der Waals surface area contributed by atoms with E-state index in [0.717, 1.165) is 64.0 Å². The van der Waals surface area contributed by atoms with E-state index < -0.39 is 10.0 Å². The zero-order valence-corrected chi connectivity index (χ0v) is 22.3. The summed E-state index contributed by atoms with van der Waals surface area (Å²) >= 11 is 0. The van der Waals surface area contributed by atoms with Gasteiger partial charge in [-0.15, -0.1) is 12.4 Å². The summed E-state index contributed by atoms with van der Waals surface area (Å²) in [5, 5.41) is -0.204. The van der Waals surface area contributed by atoms with Crippen LogP contribution < -0.4 is 4.72 Å². The normalized spacial score (nSPS) is 28.7. The molecular formula is C28H37ClN2O3S. The number of anilines is 1. The zero-order chi connectivity index (χ0) is 23.6. The van der Waals surface area contributed by atoms with E-state index in [1.165, 1.54) is 16.7 Å². The Kier molecular flexibility index (Phi) is 6.48. The highest BCUT2D eigenvalue weighted by Gasteiger charge is 2.67. The van der Waals surface area contributed by atoms with Crippen LogP contribution in [-0.2, 0) is 33.0 Å². The number of hydrogen-bond donors (Lipinski definition) is 1. The lowest BCUT2D eigenvalue weighted by Crippen LogP contribution is -2.47. The molecule has 0 spiro atoms. The molecule has 2 aromatic carbocycles. The first kappa shape index (κ1) is 25.1. The fourth-order valence-electron chi connectivity index (χ4n) is 7.23. The molecule has 4 aliphatic rings. The predicted octanol–water partition coefficient (Wildman–Crippen LogP) is 4.80. The summed E-state index contributed by atoms with van der Waals surface area (Å²) < 4.78 is 34.2. The zero-order valence-electron chi connectivity index (χ0n) is 20.7. The van der Waals surface area contributed by atoms with Crippen LogP contribution in [0.15, 0.2) is 48.5 Å². The number of halogens is 1. The molecule has 0 bridgehead atoms. The van der Waals surface area contributed by atoms with Crippen molar-refractivity contribution in [1.29, 1.82) is 0 Å². The van der Waals surface area contributed by atoms with Crippen molar-refractivity contribution in [2.24, 2.45) is 11.8 Å². The van der Waals surface area contributed by atoms with Gasteiger partial charge in [-0.25, -0.2) is 8.42 Å². The Hall–Kier alpha value is -1.60. The van der Waals surface area contributed by atoms with Crippen molar-refractivity contribution in [3.8, 4) is 0 Å². The smallest absolute Gasteiger partial charge is 0.235 e. The van der Waals surface area contributed by atoms with Crippen molar-refractivity contribution < 1.29 is 13.2 Å². The van der Waals surface area contributed by atoms with Gasteiger partial charge >= 0.3 is 0 Å². The predicted molar refractivity (Wildman–Crippen MR) is 143 cm³/mol. The number of benzene rings is 2. The van der Waals surface area contributed by atoms with Gasteiger partial charge in [0.1, 0.15) is 0 Å². The summed E-state index contributed by atoms with van der Waals surface area (Å²) in [5.41, 5.74) is 4.97. The van der Waals surface area contributed by atoms with Crippen molar-refractivity contribution in [2.45, 2.75) is 62.2 Å². The number of hydrogen-bond acceptors (Lipinski definition) is 4. The summed E-state index contributed by atoms with van der Waals surface area (Å²) in [6.07, 6.45) is 4.66. The second kappa shape index (κ2) is 9.05. The Morgan fingerprint density at radius 1 is 1.00 bits per heavy atom. The van der Waals surface area contributed by atoms with Crippen molar-refractivity contribution in [1.82, 2.24) is 4.90 Å². The molecule has 1 aliphatic heterocycles. The number of fused-ring (bicyclic) bond motifs is 2. The molecular weight excluding hydrogens is 480 g/mol. The van der Waals surface area contributed by atoms with Crippen LogP contribution in [0.4, 0.5) is 5.69 Å². The van der Waals surface area contributed by atoms with Gasteiger partial charge in [0.05, 0.1) is 10.9 Å². The molecule has 1 saturated heterocycles. The van der Waals surface area contributed by atoms with Gasteiger partial charge in [-0.3, -0.25) is 9.62 Å². The molecule has 1 unspecified atom stereocenters. The van der Waals surface area contributed by atoms with Crippen LogP contribution in [0.3, 0.4) is 0 Å². The average molecular weight is 517 g/mol. The maximum Gasteiger partial charge on any atom is 0.235 e. The largest absolute Gasteiger partial charge is 0.373 e. The maximum absolute atomic E-state index is 12.4. The highest BCUT2D eigenvalue weighted by atomic mass is 35.5. The molecule has 3 aliphatic carbocycles. The first-order chi connectivity index (χ1) is 16.4. The first-order valence-electron chi connectivity index (χ1n) is 12.9. The minimum absolute atomic E-state index is 0. The highest BCUT2D eigenvalue weighted by molar-refractivity contribution is 7.93. The van der Waals surface area contributed by atoms with Crippen LogP contribution in [0.2, 0.25) is 0 Å². The minimum atomic E-state index is -3.24. The van der Waals surface area contributed by atoms with E-state index in [0.29, 0.717) is 11.8 Å². The van der Waals surface area contributed by atoms with Crippen molar-refractivity contribution in [2.75, 3.05) is 31.0 Å². The summed E-state index contributed by atoms with van der Waals surface area (Å²) in [7, 11) is -3.24. The third-order valence-electron chi connectivity index (χ3n) is 8.92. The van der Waals surface area contributed by atoms with Crippen LogP contribution in [0.25, 0.3) is 0 Å². The summed E-state index contributed by atoms with van der Waals surface area (Å²) in [6, 6.07) is 17.0. The summed E-state index contributed by atoms with van der Waals surface area (Å²) in [5.74, 6) is 1.27. The Morgan fingerprint density at radius 2 is 1.66 bits per heavy atom. The first-order valence-corrected chi connectivity index (χ1v) is 14.5. The van der Waals surface area contributed by atoms with Crippen molar-refractivity contribution in [3.63, 3.8) is 0 Å². The van der Waals surface area contributed by atoms with Crippen molar-refractivity contribution in [3.05, 3.63) is 65.2 Å². The number of ether oxygens (including phenoxy) is 1. The summed E-state index contributed by atoms with van der Waals surface area (Å²) in [6.45, 7) is 8.34. The van der Waals surface area contributed by atoms with Gasteiger partial charge in [-0.2, -0.15) is 0 Å². The number of piperidine rings is 1. The fraction of sp³-hybridized carbons (Fsp3) is 0.571. The standard InChI is InChI=1S/C28H36N2O3S.ClH/c1-3-28(22-10-7-11-23(14-22)29-34(31,32)24-12-13-24)25-17-30(18-26(25)28)19-27(33-4-2)15-20-8-5-6-9-21(20)16-27;/h5-11,14,24-26,29H,3-4,12-13,15-19H2,1-2H3;1H/t25-,26+,28?;. The Labute approximate surface area is 216 Å². The van der Waals surface area contributed by atoms with Gasteiger partial charge in [0, 0.05) is 50.2 Å². The molecule has 1 heterocycles. The Balaban J connectivity index is 0.00000253. The van der Waals surface area contributed by atoms with Gasteiger partial charge in [0.15, 0.2) is 0 Å². The van der Waals surface area contributed by atoms with Gasteiger partial charge in [-0.05, 0) is 66.8 Å². The Bertz CT molecular complexity index is 1160. The van der Waals surface area contributed by atoms with E-state index in [1.54, 1.807) is 0 Å². The van der Waals surface area contributed by atoms with E-state index in [-0.39, 0.29) is 28.7 Å². The third kappa shape index (κ3) is 4.30. The van der Waals surface area contributed by atoms with Crippen LogP contribution in [0.1, 0.15) is 49.8 Å². The lowest BCUT2D eigenvalue weighted by atomic mass is 9.87. The molecule has 3 atom stereocenters. The van der Waals surface area contributed by atoms with E-state index in [1.807, 2.05) is 12.1 Å². The number of nitrogens with zero attached hydrogens (tertiary/aromatic N) is 1. The van der Waals surface area contributed by atoms with Crippen LogP contribution in [-0.4, -0.2) is 50.4 Å². The molecule has 35 heavy (non-hydrogen) atoms. The molecule has 0 amide bonds. The molecule has 2 saturated carbocycles. The Morgan fingerprint density at radius 3 is 2.23 bits per heavy atom. The van der Waals surface area contributed by atoms with E-state index >= 15 is 0 Å². The number of nitrogens with one attached hydrogen (secondary N) is 1. The number of likely N-dealkylation sites (tertiary alicyclic amines) is 1. The fourth-order valence-corrected chi connectivity index (χ4v) is 8.61. The maximum atomic E-state index is 12.4. The molecule has 3 fully saturated rings. The molecule has 6 rings (SSSR count). The van der Waals surface area contributed by atoms with E-state index in [2.05, 4.69) is 59.9 Å². The molecule has 0 aromatic heterocycles. The van der Waals surface area contributed by atoms with Gasteiger partial charge in [0.25, 0.3) is 0 Å². The molecule has 0 radical (unpaired) electrons. The number of rotatable bonds is 9. The molecule has 1 N–H and O–H groups in total. The van der Waals surface area contributed by atoms with Gasteiger partial charge in [-0.1, -0.05) is 43.3 Å². The quantitative estimate of drug-likeness (QED) is 0.520. The lowest BCUT2D eigenvalue weighted by Gasteiger charge is -2.36. The molecule has 5 nitrogen and oxygen atoms in total. The van der Waals surface area contributed by atoms with Crippen LogP contribution in [0.5, 0.6) is 0 Å². The molecule has 190 valence electrons. The van der Waals surface area contributed by atoms with E-state index in [4.69, 9.17) is 4.74 Å². The SMILES string of the molecule is CCOC1(CN2C[C@@H]3[C@H](C2)C3(CC)c2cccc(NS(=O)(=O)C3CC3)c2)Cc2ccccc2C1.Cl.